The topological polar surface area (TPSA) is 58.7 Å². The van der Waals surface area contributed by atoms with Crippen LogP contribution in [-0.2, 0) is 4.74 Å². The summed E-state index contributed by atoms with van der Waals surface area (Å²) in [5.74, 6) is 0. The van der Waals surface area contributed by atoms with E-state index in [9.17, 15) is 0 Å². The van der Waals surface area contributed by atoms with Crippen molar-refractivity contribution in [1.29, 1.82) is 0 Å². The molecular weight excluding hydrogens is 328 g/mol. The maximum Gasteiger partial charge on any atom is 0.259 e. The third-order valence-corrected chi connectivity index (χ3v) is 3.21. The van der Waals surface area contributed by atoms with Crippen LogP contribution in [0.5, 0.6) is 0 Å². The molecule has 0 aliphatic rings. The maximum atomic E-state index is 7.56. The Morgan fingerprint density at radius 1 is 1.38 bits per heavy atom. The Balaban J connectivity index is 0.000000885. The minimum Gasteiger partial charge on any atom is -0.487 e. The van der Waals surface area contributed by atoms with Gasteiger partial charge >= 0.3 is 0 Å². The van der Waals surface area contributed by atoms with Gasteiger partial charge in [0, 0.05) is 18.1 Å². The van der Waals surface area contributed by atoms with Crippen molar-refractivity contribution in [2.24, 2.45) is 5.73 Å². The standard InChI is InChI=1S/C13H18ClNOS.CH3NOS/c1-4-15(5-2)13(17)16-10(3)11-7-6-8-12(14)9-11;2-1(3)4/h6-10H,4-5H2,1-3H3;(H3,2,3,4). The zero-order valence-corrected chi connectivity index (χ0v) is 14.8. The molecule has 0 amide bonds. The molecule has 7 heteroatoms. The Hall–Kier alpha value is -1.11. The highest BCUT2D eigenvalue weighted by Gasteiger charge is 2.12. The molecule has 21 heavy (non-hydrogen) atoms. The smallest absolute Gasteiger partial charge is 0.259 e. The number of ether oxygens (including phenoxy) is 1. The quantitative estimate of drug-likeness (QED) is 0.806. The van der Waals surface area contributed by atoms with Gasteiger partial charge in [-0.2, -0.15) is 0 Å². The average Bonchev–Trinajstić information content (AvgIpc) is 2.39. The van der Waals surface area contributed by atoms with Crippen LogP contribution in [0.15, 0.2) is 24.3 Å². The Morgan fingerprint density at radius 3 is 2.33 bits per heavy atom. The van der Waals surface area contributed by atoms with E-state index in [1.807, 2.05) is 36.1 Å². The van der Waals surface area contributed by atoms with E-state index in [-0.39, 0.29) is 6.10 Å². The Labute approximate surface area is 141 Å². The third-order valence-electron chi connectivity index (χ3n) is 2.62. The van der Waals surface area contributed by atoms with Crippen LogP contribution < -0.4 is 5.73 Å². The van der Waals surface area contributed by atoms with Crippen LogP contribution >= 0.6 is 36.0 Å². The summed E-state index contributed by atoms with van der Waals surface area (Å²) in [4.78, 5) is 2.01. The first-order valence-electron chi connectivity index (χ1n) is 6.51. The van der Waals surface area contributed by atoms with Crippen LogP contribution in [0.4, 0.5) is 0 Å². The lowest BCUT2D eigenvalue weighted by molar-refractivity contribution is 0.177. The maximum absolute atomic E-state index is 7.56. The highest BCUT2D eigenvalue weighted by atomic mass is 35.5. The zero-order chi connectivity index (χ0) is 16.4. The number of halogens is 1. The average molecular weight is 349 g/mol. The molecule has 0 heterocycles. The molecule has 1 unspecified atom stereocenters. The Kier molecular flexibility index (Phi) is 10.0. The fourth-order valence-electron chi connectivity index (χ4n) is 1.54. The second kappa shape index (κ2) is 10.6. The van der Waals surface area contributed by atoms with Gasteiger partial charge in [0.2, 0.25) is 0 Å². The van der Waals surface area contributed by atoms with E-state index < -0.39 is 5.17 Å². The molecule has 118 valence electrons. The summed E-state index contributed by atoms with van der Waals surface area (Å²) in [6.45, 7) is 7.81. The monoisotopic (exact) mass is 348 g/mol. The summed E-state index contributed by atoms with van der Waals surface area (Å²) in [6.07, 6.45) is -0.0817. The van der Waals surface area contributed by atoms with Crippen molar-refractivity contribution < 1.29 is 9.84 Å². The van der Waals surface area contributed by atoms with Crippen LogP contribution in [0.3, 0.4) is 0 Å². The SMILES string of the molecule is CCN(CC)C(=S)OC(C)c1cccc(Cl)c1.NC(O)=S. The lowest BCUT2D eigenvalue weighted by atomic mass is 10.1. The number of hydrogen-bond donors (Lipinski definition) is 2. The first kappa shape index (κ1) is 19.9. The minimum atomic E-state index is -0.500. The van der Waals surface area contributed by atoms with Gasteiger partial charge in [0.05, 0.1) is 0 Å². The predicted octanol–water partition coefficient (Wildman–Crippen LogP) is 3.83. The van der Waals surface area contributed by atoms with E-state index in [0.29, 0.717) is 10.2 Å². The van der Waals surface area contributed by atoms with Crippen molar-refractivity contribution in [2.45, 2.75) is 26.9 Å². The van der Waals surface area contributed by atoms with Crippen LogP contribution in [-0.4, -0.2) is 33.4 Å². The number of aliphatic hydroxyl groups excluding tert-OH is 1. The molecule has 4 nitrogen and oxygen atoms in total. The van der Waals surface area contributed by atoms with Crippen molar-refractivity contribution in [2.75, 3.05) is 13.1 Å². The predicted molar refractivity (Wildman–Crippen MR) is 95.9 cm³/mol. The molecule has 0 aliphatic carbocycles. The van der Waals surface area contributed by atoms with Crippen LogP contribution in [0, 0.1) is 0 Å². The first-order chi connectivity index (χ1) is 9.81. The molecule has 0 bridgehead atoms. The van der Waals surface area contributed by atoms with E-state index in [2.05, 4.69) is 31.8 Å². The van der Waals surface area contributed by atoms with Gasteiger partial charge in [-0.15, -0.1) is 0 Å². The van der Waals surface area contributed by atoms with Gasteiger partial charge in [0.1, 0.15) is 6.10 Å². The summed E-state index contributed by atoms with van der Waals surface area (Å²) in [5, 5.41) is 8.32. The minimum absolute atomic E-state index is 0.0817. The molecule has 0 fully saturated rings. The van der Waals surface area contributed by atoms with E-state index in [1.165, 1.54) is 0 Å². The highest BCUT2D eigenvalue weighted by Crippen LogP contribution is 2.21. The molecule has 3 N–H and O–H groups in total. The Bertz CT molecular complexity index is 464. The molecule has 1 aromatic rings. The highest BCUT2D eigenvalue weighted by molar-refractivity contribution is 7.80. The van der Waals surface area contributed by atoms with Gasteiger partial charge in [0.15, 0.2) is 0 Å². The van der Waals surface area contributed by atoms with E-state index in [1.54, 1.807) is 0 Å². The number of hydrogen-bond acceptors (Lipinski definition) is 3. The lowest BCUT2D eigenvalue weighted by Gasteiger charge is -2.24. The van der Waals surface area contributed by atoms with E-state index in [0.717, 1.165) is 18.7 Å². The Morgan fingerprint density at radius 2 is 1.90 bits per heavy atom. The van der Waals surface area contributed by atoms with Gasteiger partial charge in [-0.05, 0) is 62.9 Å². The lowest BCUT2D eigenvalue weighted by Crippen LogP contribution is -2.31. The summed E-state index contributed by atoms with van der Waals surface area (Å²) in [7, 11) is 0. The number of nitrogens with two attached hydrogens (primary N) is 1. The molecule has 0 aliphatic heterocycles. The van der Waals surface area contributed by atoms with Crippen molar-refractivity contribution in [1.82, 2.24) is 4.90 Å². The van der Waals surface area contributed by atoms with E-state index in [4.69, 9.17) is 33.7 Å². The van der Waals surface area contributed by atoms with Crippen LogP contribution in [0.1, 0.15) is 32.4 Å². The number of rotatable bonds is 4. The summed E-state index contributed by atoms with van der Waals surface area (Å²) >= 11 is 15.1. The zero-order valence-electron chi connectivity index (χ0n) is 12.4. The van der Waals surface area contributed by atoms with Crippen LogP contribution in [0.2, 0.25) is 5.02 Å². The fraction of sp³-hybridized carbons (Fsp3) is 0.429. The summed E-state index contributed by atoms with van der Waals surface area (Å²) < 4.78 is 5.73. The third kappa shape index (κ3) is 8.70. The molecule has 1 rings (SSSR count). The van der Waals surface area contributed by atoms with Gasteiger partial charge < -0.3 is 20.5 Å². The van der Waals surface area contributed by atoms with Crippen molar-refractivity contribution in [3.63, 3.8) is 0 Å². The molecule has 0 radical (unpaired) electrons. The number of benzene rings is 1. The van der Waals surface area contributed by atoms with Crippen molar-refractivity contribution in [3.8, 4) is 0 Å². The summed E-state index contributed by atoms with van der Waals surface area (Å²) in [6, 6.07) is 7.65. The van der Waals surface area contributed by atoms with Gasteiger partial charge in [-0.3, -0.25) is 0 Å². The van der Waals surface area contributed by atoms with E-state index >= 15 is 0 Å². The normalized spacial score (nSPS) is 10.9. The van der Waals surface area contributed by atoms with Gasteiger partial charge in [-0.1, -0.05) is 23.7 Å². The number of aliphatic hydroxyl groups is 1. The molecule has 0 saturated heterocycles. The molecule has 0 spiro atoms. The van der Waals surface area contributed by atoms with Crippen molar-refractivity contribution in [3.05, 3.63) is 34.9 Å². The molecule has 1 atom stereocenters. The fourth-order valence-corrected chi connectivity index (χ4v) is 2.14. The second-order valence-electron chi connectivity index (χ2n) is 4.09. The number of thiocarbonyl (C=S) groups is 2. The van der Waals surface area contributed by atoms with Gasteiger partial charge in [-0.25, -0.2) is 0 Å². The largest absolute Gasteiger partial charge is 0.487 e. The van der Waals surface area contributed by atoms with Crippen molar-refractivity contribution >= 4 is 46.4 Å². The number of nitrogens with zero attached hydrogens (tertiary/aromatic N) is 1. The molecule has 1 aromatic carbocycles. The van der Waals surface area contributed by atoms with Crippen LogP contribution in [0.25, 0.3) is 0 Å². The van der Waals surface area contributed by atoms with Gasteiger partial charge in [0.25, 0.3) is 10.3 Å². The molecule has 0 saturated carbocycles. The molecular formula is C14H21ClN2O2S2. The second-order valence-corrected chi connectivity index (χ2v) is 5.30. The summed E-state index contributed by atoms with van der Waals surface area (Å²) in [5.41, 5.74) is 5.43. The first-order valence-corrected chi connectivity index (χ1v) is 7.70. The molecule has 0 aromatic heterocycles.